The smallest absolute Gasteiger partial charge is 0.284 e. The quantitative estimate of drug-likeness (QED) is 0.670. The summed E-state index contributed by atoms with van der Waals surface area (Å²) in [6.45, 7) is 0. The average Bonchev–Trinajstić information content (AvgIpc) is 1.59. The van der Waals surface area contributed by atoms with E-state index in [1.54, 1.807) is 0 Å². The molecule has 0 aliphatic heterocycles. The van der Waals surface area contributed by atoms with Crippen molar-refractivity contribution in [2.75, 3.05) is 11.5 Å². The third-order valence-corrected chi connectivity index (χ3v) is 2.26. The van der Waals surface area contributed by atoms with E-state index in [0.29, 0.717) is 0 Å². The summed E-state index contributed by atoms with van der Waals surface area (Å²) in [6.07, 6.45) is 0. The van der Waals surface area contributed by atoms with Crippen molar-refractivity contribution in [3.05, 3.63) is 0 Å². The lowest BCUT2D eigenvalue weighted by molar-refractivity contribution is 0.252. The van der Waals surface area contributed by atoms with E-state index in [9.17, 15) is 17.2 Å². The summed E-state index contributed by atoms with van der Waals surface area (Å²) in [7, 11) is -4.07. The summed E-state index contributed by atoms with van der Waals surface area (Å²) in [5.74, 6) is -3.49. The van der Waals surface area contributed by atoms with Crippen molar-refractivity contribution in [1.82, 2.24) is 0 Å². The lowest BCUT2D eigenvalue weighted by Gasteiger charge is -1.95. The molecule has 10 heavy (non-hydrogen) atoms. The molecule has 0 aromatic carbocycles. The minimum absolute atomic E-state index is 0.186. The number of thioether (sulfide) groups is 1. The van der Waals surface area contributed by atoms with Crippen molar-refractivity contribution in [1.29, 1.82) is 0 Å². The second kappa shape index (κ2) is 4.09. The van der Waals surface area contributed by atoms with E-state index in [1.165, 1.54) is 0 Å². The summed E-state index contributed by atoms with van der Waals surface area (Å²) in [5.41, 5.74) is 0. The summed E-state index contributed by atoms with van der Waals surface area (Å²) in [4.78, 5) is 0. The van der Waals surface area contributed by atoms with E-state index in [-0.39, 0.29) is 17.5 Å². The maximum absolute atomic E-state index is 11.3. The Morgan fingerprint density at radius 2 is 2.00 bits per heavy atom. The molecule has 0 rings (SSSR count). The van der Waals surface area contributed by atoms with Crippen LogP contribution in [0.25, 0.3) is 0 Å². The molecule has 0 radical (unpaired) electrons. The summed E-state index contributed by atoms with van der Waals surface area (Å²) >= 11 is 0.186. The third-order valence-electron chi connectivity index (χ3n) is 0.585. The van der Waals surface area contributed by atoms with Crippen LogP contribution < -0.4 is 0 Å². The molecule has 0 amide bonds. The van der Waals surface area contributed by atoms with E-state index >= 15 is 0 Å². The summed E-state index contributed by atoms with van der Waals surface area (Å²) in [5, 5.41) is 0. The second-order valence-electron chi connectivity index (χ2n) is 1.42. The van der Waals surface area contributed by atoms with Crippen LogP contribution in [-0.2, 0) is 10.1 Å². The Labute approximate surface area is 61.6 Å². The number of halogens is 2. The molecule has 0 fully saturated rings. The van der Waals surface area contributed by atoms with E-state index in [0.717, 1.165) is 0 Å². The van der Waals surface area contributed by atoms with Gasteiger partial charge in [-0.1, -0.05) is 11.8 Å². The van der Waals surface area contributed by atoms with Gasteiger partial charge in [0.2, 0.25) is 0 Å². The molecule has 0 aromatic rings. The van der Waals surface area contributed by atoms with Crippen molar-refractivity contribution < 1.29 is 21.8 Å². The molecule has 7 heteroatoms. The Morgan fingerprint density at radius 3 is 2.30 bits per heavy atom. The highest BCUT2D eigenvalue weighted by Gasteiger charge is 2.07. The highest BCUT2D eigenvalue weighted by Crippen LogP contribution is 2.12. The topological polar surface area (TPSA) is 54.4 Å². The SMILES string of the molecule is O=S(=O)(O)CCSC(F)F. The molecule has 0 saturated heterocycles. The van der Waals surface area contributed by atoms with Crippen LogP contribution >= 0.6 is 11.8 Å². The molecule has 0 bridgehead atoms. The molecule has 0 atom stereocenters. The number of hydrogen-bond acceptors (Lipinski definition) is 3. The summed E-state index contributed by atoms with van der Waals surface area (Å²) < 4.78 is 50.5. The van der Waals surface area contributed by atoms with Crippen LogP contribution in [0, 0.1) is 0 Å². The van der Waals surface area contributed by atoms with E-state index in [4.69, 9.17) is 4.55 Å². The lowest BCUT2D eigenvalue weighted by atomic mass is 11.0. The van der Waals surface area contributed by atoms with Crippen LogP contribution in [0.2, 0.25) is 0 Å². The Balaban J connectivity index is 3.39. The fourth-order valence-corrected chi connectivity index (χ4v) is 1.65. The maximum Gasteiger partial charge on any atom is 0.284 e. The Kier molecular flexibility index (Phi) is 4.14. The van der Waals surface area contributed by atoms with Crippen LogP contribution in [-0.4, -0.2) is 30.2 Å². The zero-order valence-electron chi connectivity index (χ0n) is 4.83. The molecular formula is C3H6F2O3S2. The zero-order chi connectivity index (χ0) is 8.20. The van der Waals surface area contributed by atoms with Gasteiger partial charge in [0.25, 0.3) is 15.9 Å². The van der Waals surface area contributed by atoms with Crippen LogP contribution in [0.15, 0.2) is 0 Å². The number of alkyl halides is 2. The number of rotatable bonds is 4. The lowest BCUT2D eigenvalue weighted by Crippen LogP contribution is -2.06. The second-order valence-corrected chi connectivity index (χ2v) is 4.09. The van der Waals surface area contributed by atoms with Crippen LogP contribution in [0.1, 0.15) is 0 Å². The summed E-state index contributed by atoms with van der Waals surface area (Å²) in [6, 6.07) is 0. The Bertz CT molecular complexity index is 176. The minimum atomic E-state index is -4.07. The van der Waals surface area contributed by atoms with E-state index < -0.39 is 21.6 Å². The molecule has 62 valence electrons. The van der Waals surface area contributed by atoms with E-state index in [2.05, 4.69) is 0 Å². The largest absolute Gasteiger partial charge is 0.286 e. The van der Waals surface area contributed by atoms with Gasteiger partial charge in [0.1, 0.15) is 0 Å². The zero-order valence-corrected chi connectivity index (χ0v) is 6.46. The van der Waals surface area contributed by atoms with Gasteiger partial charge in [0.15, 0.2) is 0 Å². The first-order chi connectivity index (χ1) is 4.42. The van der Waals surface area contributed by atoms with Gasteiger partial charge in [-0.3, -0.25) is 4.55 Å². The van der Waals surface area contributed by atoms with Crippen LogP contribution in [0.5, 0.6) is 0 Å². The first kappa shape index (κ1) is 10.1. The fraction of sp³-hybridized carbons (Fsp3) is 1.00. The van der Waals surface area contributed by atoms with Gasteiger partial charge in [-0.15, -0.1) is 0 Å². The molecular weight excluding hydrogens is 186 g/mol. The third kappa shape index (κ3) is 8.12. The minimum Gasteiger partial charge on any atom is -0.286 e. The van der Waals surface area contributed by atoms with Crippen molar-refractivity contribution in [3.63, 3.8) is 0 Å². The first-order valence-electron chi connectivity index (χ1n) is 2.27. The maximum atomic E-state index is 11.3. The van der Waals surface area contributed by atoms with E-state index in [1.807, 2.05) is 0 Å². The standard InChI is InChI=1S/C3H6F2O3S2/c4-3(5)9-1-2-10(6,7)8/h3H,1-2H2,(H,6,7,8). The van der Waals surface area contributed by atoms with Gasteiger partial charge >= 0.3 is 0 Å². The van der Waals surface area contributed by atoms with Gasteiger partial charge in [-0.25, -0.2) is 0 Å². The van der Waals surface area contributed by atoms with Gasteiger partial charge in [0, 0.05) is 5.75 Å². The highest BCUT2D eigenvalue weighted by molar-refractivity contribution is 8.00. The van der Waals surface area contributed by atoms with Gasteiger partial charge in [0.05, 0.1) is 5.75 Å². The van der Waals surface area contributed by atoms with Crippen LogP contribution in [0.3, 0.4) is 0 Å². The van der Waals surface area contributed by atoms with Crippen molar-refractivity contribution >= 4 is 21.9 Å². The molecule has 0 aliphatic rings. The molecule has 1 N–H and O–H groups in total. The Hall–Kier alpha value is 0.120. The predicted octanol–water partition coefficient (Wildman–Crippen LogP) is 0.830. The van der Waals surface area contributed by atoms with Crippen molar-refractivity contribution in [3.8, 4) is 0 Å². The van der Waals surface area contributed by atoms with Gasteiger partial charge < -0.3 is 0 Å². The average molecular weight is 192 g/mol. The normalized spacial score (nSPS) is 12.4. The highest BCUT2D eigenvalue weighted by atomic mass is 32.2. The molecule has 0 heterocycles. The Morgan fingerprint density at radius 1 is 1.50 bits per heavy atom. The number of hydrogen-bond donors (Lipinski definition) is 1. The van der Waals surface area contributed by atoms with Crippen LogP contribution in [0.4, 0.5) is 8.78 Å². The monoisotopic (exact) mass is 192 g/mol. The molecule has 0 aliphatic carbocycles. The fourth-order valence-electron chi connectivity index (χ4n) is 0.243. The molecule has 0 saturated carbocycles. The molecule has 0 aromatic heterocycles. The van der Waals surface area contributed by atoms with Gasteiger partial charge in [-0.2, -0.15) is 17.2 Å². The predicted molar refractivity (Wildman–Crippen MR) is 34.9 cm³/mol. The van der Waals surface area contributed by atoms with Crippen molar-refractivity contribution in [2.24, 2.45) is 0 Å². The van der Waals surface area contributed by atoms with Gasteiger partial charge in [-0.05, 0) is 0 Å². The molecule has 0 unspecified atom stereocenters. The first-order valence-corrected chi connectivity index (χ1v) is 4.92. The molecule has 3 nitrogen and oxygen atoms in total. The van der Waals surface area contributed by atoms with Crippen molar-refractivity contribution in [2.45, 2.75) is 5.76 Å². The molecule has 0 spiro atoms.